The fourth-order valence-corrected chi connectivity index (χ4v) is 6.63. The Morgan fingerprint density at radius 3 is 2.33 bits per heavy atom. The lowest BCUT2D eigenvalue weighted by molar-refractivity contribution is -0.132. The van der Waals surface area contributed by atoms with E-state index in [1.54, 1.807) is 25.7 Å². The molecule has 0 bridgehead atoms. The number of sulfonamides is 1. The molecule has 220 valence electrons. The summed E-state index contributed by atoms with van der Waals surface area (Å²) in [6.45, 7) is 8.36. The number of carbonyl (C=O) groups is 2. The second-order valence-corrected chi connectivity index (χ2v) is 13.0. The fraction of sp³-hybridized carbons (Fsp3) is 0.517. The van der Waals surface area contributed by atoms with E-state index in [0.717, 1.165) is 12.0 Å². The Labute approximate surface area is 237 Å². The summed E-state index contributed by atoms with van der Waals surface area (Å²) in [4.78, 5) is 28.2. The zero-order valence-corrected chi connectivity index (χ0v) is 24.6. The van der Waals surface area contributed by atoms with Crippen LogP contribution in [-0.4, -0.2) is 72.6 Å². The van der Waals surface area contributed by atoms with E-state index in [1.807, 2.05) is 37.3 Å². The van der Waals surface area contributed by atoms with Crippen molar-refractivity contribution in [2.24, 2.45) is 11.7 Å². The maximum Gasteiger partial charge on any atom is 0.240 e. The van der Waals surface area contributed by atoms with Crippen LogP contribution in [0.2, 0.25) is 0 Å². The van der Waals surface area contributed by atoms with Crippen molar-refractivity contribution in [3.8, 4) is 0 Å². The van der Waals surface area contributed by atoms with Crippen molar-refractivity contribution in [2.45, 2.75) is 64.6 Å². The van der Waals surface area contributed by atoms with Crippen LogP contribution in [0.4, 0.5) is 10.1 Å². The van der Waals surface area contributed by atoms with E-state index < -0.39 is 39.4 Å². The van der Waals surface area contributed by atoms with Crippen LogP contribution >= 0.6 is 0 Å². The summed E-state index contributed by atoms with van der Waals surface area (Å²) in [6, 6.07) is 14.1. The second-order valence-electron chi connectivity index (χ2n) is 11.0. The average Bonchev–Trinajstić information content (AvgIpc) is 2.91. The molecule has 0 radical (unpaired) electrons. The van der Waals surface area contributed by atoms with Crippen molar-refractivity contribution in [1.29, 1.82) is 0 Å². The summed E-state index contributed by atoms with van der Waals surface area (Å²) in [5, 5.41) is 5.85. The highest BCUT2D eigenvalue weighted by Crippen LogP contribution is 2.23. The minimum atomic E-state index is -3.51. The molecule has 0 saturated carbocycles. The van der Waals surface area contributed by atoms with Crippen LogP contribution in [0.1, 0.15) is 46.1 Å². The van der Waals surface area contributed by atoms with E-state index in [0.29, 0.717) is 31.7 Å². The molecule has 40 heavy (non-hydrogen) atoms. The Balaban J connectivity index is 1.72. The molecule has 11 heteroatoms. The quantitative estimate of drug-likeness (QED) is 0.358. The summed E-state index contributed by atoms with van der Waals surface area (Å²) < 4.78 is 40.4. The van der Waals surface area contributed by atoms with Crippen molar-refractivity contribution >= 4 is 27.5 Å². The minimum absolute atomic E-state index is 0.233. The van der Waals surface area contributed by atoms with Crippen molar-refractivity contribution in [3.63, 3.8) is 0 Å². The first-order valence-electron chi connectivity index (χ1n) is 13.7. The van der Waals surface area contributed by atoms with Crippen molar-refractivity contribution < 1.29 is 22.4 Å². The third-order valence-electron chi connectivity index (χ3n) is 7.47. The number of nitrogens with two attached hydrogens (primary N) is 1. The molecule has 2 amide bonds. The van der Waals surface area contributed by atoms with Gasteiger partial charge in [-0.1, -0.05) is 44.2 Å². The monoisotopic (exact) mass is 575 g/mol. The van der Waals surface area contributed by atoms with E-state index in [-0.39, 0.29) is 24.1 Å². The molecular weight excluding hydrogens is 533 g/mol. The van der Waals surface area contributed by atoms with Crippen LogP contribution in [0, 0.1) is 11.7 Å². The maximum absolute atomic E-state index is 13.6. The topological polar surface area (TPSA) is 125 Å². The van der Waals surface area contributed by atoms with Gasteiger partial charge in [-0.15, -0.1) is 0 Å². The van der Waals surface area contributed by atoms with Gasteiger partial charge < -0.3 is 16.4 Å². The SMILES string of the molecule is CCCN1CCN(C(C)(C)C(=O)N[C@@H](Cc2ccccc2)[C@@H](N)C[C@@H](C)C(=O)Nc2ccc(F)cc2)CS1(=O)=O. The lowest BCUT2D eigenvalue weighted by atomic mass is 9.91. The molecule has 2 aromatic carbocycles. The Hall–Kier alpha value is -2.86. The molecule has 1 fully saturated rings. The summed E-state index contributed by atoms with van der Waals surface area (Å²) in [5.74, 6) is -1.70. The van der Waals surface area contributed by atoms with Gasteiger partial charge in [0.05, 0.1) is 5.54 Å². The highest BCUT2D eigenvalue weighted by molar-refractivity contribution is 7.89. The first kappa shape index (κ1) is 31.7. The van der Waals surface area contributed by atoms with E-state index in [2.05, 4.69) is 10.6 Å². The smallest absolute Gasteiger partial charge is 0.240 e. The zero-order valence-electron chi connectivity index (χ0n) is 23.8. The number of rotatable bonds is 12. The van der Waals surface area contributed by atoms with E-state index in [1.165, 1.54) is 28.6 Å². The Bertz CT molecular complexity index is 1240. The zero-order chi connectivity index (χ0) is 29.5. The number of amides is 2. The third kappa shape index (κ3) is 8.33. The molecule has 1 saturated heterocycles. The van der Waals surface area contributed by atoms with Gasteiger partial charge in [-0.3, -0.25) is 14.5 Å². The van der Waals surface area contributed by atoms with Crippen molar-refractivity contribution in [3.05, 3.63) is 66.0 Å². The molecule has 3 rings (SSSR count). The third-order valence-corrected chi connectivity index (χ3v) is 9.26. The van der Waals surface area contributed by atoms with Crippen LogP contribution < -0.4 is 16.4 Å². The Morgan fingerprint density at radius 1 is 1.07 bits per heavy atom. The number of nitrogens with one attached hydrogen (secondary N) is 2. The van der Waals surface area contributed by atoms with Gasteiger partial charge in [-0.2, -0.15) is 4.31 Å². The number of hydrogen-bond acceptors (Lipinski definition) is 6. The highest BCUT2D eigenvalue weighted by Gasteiger charge is 2.42. The Morgan fingerprint density at radius 2 is 1.73 bits per heavy atom. The van der Waals surface area contributed by atoms with Gasteiger partial charge in [0.1, 0.15) is 11.7 Å². The van der Waals surface area contributed by atoms with Gasteiger partial charge in [0.15, 0.2) is 0 Å². The first-order valence-corrected chi connectivity index (χ1v) is 15.3. The van der Waals surface area contributed by atoms with Crippen LogP contribution in [0.5, 0.6) is 0 Å². The summed E-state index contributed by atoms with van der Waals surface area (Å²) in [5.41, 5.74) is 6.97. The van der Waals surface area contributed by atoms with E-state index in [4.69, 9.17) is 5.73 Å². The molecule has 0 aromatic heterocycles. The second kappa shape index (κ2) is 13.7. The molecule has 3 atom stereocenters. The number of benzene rings is 2. The normalized spacial score (nSPS) is 18.4. The van der Waals surface area contributed by atoms with Gasteiger partial charge in [-0.25, -0.2) is 12.8 Å². The fourth-order valence-electron chi connectivity index (χ4n) is 4.80. The molecule has 4 N–H and O–H groups in total. The van der Waals surface area contributed by atoms with Crippen LogP contribution in [0.25, 0.3) is 0 Å². The highest BCUT2D eigenvalue weighted by atomic mass is 32.2. The van der Waals surface area contributed by atoms with Gasteiger partial charge in [0.2, 0.25) is 21.8 Å². The molecule has 0 unspecified atom stereocenters. The Kier molecular flexibility index (Phi) is 10.8. The van der Waals surface area contributed by atoms with E-state index >= 15 is 0 Å². The summed E-state index contributed by atoms with van der Waals surface area (Å²) in [7, 11) is -3.51. The molecule has 9 nitrogen and oxygen atoms in total. The molecule has 1 aliphatic heterocycles. The molecule has 0 aliphatic carbocycles. The molecule has 0 spiro atoms. The lowest BCUT2D eigenvalue weighted by Crippen LogP contribution is -2.64. The van der Waals surface area contributed by atoms with Gasteiger partial charge in [0, 0.05) is 43.3 Å². The molecule has 2 aromatic rings. The van der Waals surface area contributed by atoms with Crippen LogP contribution in [0.3, 0.4) is 0 Å². The number of hydrogen-bond donors (Lipinski definition) is 3. The standard InChI is InChI=1S/C29H42FN5O4S/c1-5-15-35-17-16-34(20-40(35,38)39)29(3,4)28(37)33-26(19-22-9-7-6-8-10-22)25(31)18-21(2)27(36)32-24-13-11-23(30)12-14-24/h6-14,21,25-26H,5,15-20,31H2,1-4H3,(H,32,36)(H,33,37)/t21-,25+,26+/m1/s1. The van der Waals surface area contributed by atoms with Crippen LogP contribution in [-0.2, 0) is 26.0 Å². The predicted octanol–water partition coefficient (Wildman–Crippen LogP) is 2.94. The van der Waals surface area contributed by atoms with Gasteiger partial charge in [0.25, 0.3) is 0 Å². The van der Waals surface area contributed by atoms with Crippen LogP contribution in [0.15, 0.2) is 54.6 Å². The number of anilines is 1. The summed E-state index contributed by atoms with van der Waals surface area (Å²) in [6.07, 6.45) is 1.45. The van der Waals surface area contributed by atoms with Gasteiger partial charge in [-0.05, 0) is 62.9 Å². The lowest BCUT2D eigenvalue weighted by Gasteiger charge is -2.43. The molecule has 1 aliphatic rings. The number of halogens is 1. The number of nitrogens with zero attached hydrogens (tertiary/aromatic N) is 2. The maximum atomic E-state index is 13.6. The molecular formula is C29H42FN5O4S. The van der Waals surface area contributed by atoms with Crippen molar-refractivity contribution in [1.82, 2.24) is 14.5 Å². The molecule has 1 heterocycles. The number of carbonyl (C=O) groups excluding carboxylic acids is 2. The van der Waals surface area contributed by atoms with Crippen molar-refractivity contribution in [2.75, 3.05) is 30.8 Å². The summed E-state index contributed by atoms with van der Waals surface area (Å²) >= 11 is 0. The average molecular weight is 576 g/mol. The van der Waals surface area contributed by atoms with E-state index in [9.17, 15) is 22.4 Å². The minimum Gasteiger partial charge on any atom is -0.350 e. The predicted molar refractivity (Wildman–Crippen MR) is 155 cm³/mol. The largest absolute Gasteiger partial charge is 0.350 e. The van der Waals surface area contributed by atoms with Gasteiger partial charge >= 0.3 is 0 Å². The first-order chi connectivity index (χ1) is 18.8.